The summed E-state index contributed by atoms with van der Waals surface area (Å²) in [5.74, 6) is 0. The van der Waals surface area contributed by atoms with Gasteiger partial charge < -0.3 is 0 Å². The molecule has 0 heterocycles. The molecule has 1 nitrogen and oxygen atoms in total. The van der Waals surface area contributed by atoms with Gasteiger partial charge >= 0.3 is 0 Å². The van der Waals surface area contributed by atoms with Crippen LogP contribution in [0.25, 0.3) is 0 Å². The lowest BCUT2D eigenvalue weighted by atomic mass is 10.00. The van der Waals surface area contributed by atoms with Crippen molar-refractivity contribution in [2.75, 3.05) is 6.61 Å². The minimum atomic E-state index is 0.0421. The van der Waals surface area contributed by atoms with Gasteiger partial charge in [-0.1, -0.05) is 37.6 Å². The van der Waals surface area contributed by atoms with E-state index in [0.717, 1.165) is 19.3 Å². The van der Waals surface area contributed by atoms with Gasteiger partial charge in [0.1, 0.15) is 0 Å². The molecule has 71 valence electrons. The first-order valence-electron chi connectivity index (χ1n) is 5.03. The van der Waals surface area contributed by atoms with E-state index in [0.29, 0.717) is 0 Å². The highest BCUT2D eigenvalue weighted by Crippen LogP contribution is 2.12. The fraction of sp³-hybridized carbons (Fsp3) is 0.500. The SMILES string of the molecule is CCCc1ccccc1CCC[O]. The van der Waals surface area contributed by atoms with Gasteiger partial charge in [-0.3, -0.25) is 0 Å². The average Bonchev–Trinajstić information content (AvgIpc) is 2.17. The molecule has 1 radical (unpaired) electrons. The molecule has 0 saturated carbocycles. The van der Waals surface area contributed by atoms with Crippen LogP contribution in [0.3, 0.4) is 0 Å². The Bertz CT molecular complexity index is 243. The van der Waals surface area contributed by atoms with E-state index >= 15 is 0 Å². The number of benzene rings is 1. The Labute approximate surface area is 80.4 Å². The van der Waals surface area contributed by atoms with Crippen LogP contribution < -0.4 is 0 Å². The highest BCUT2D eigenvalue weighted by atomic mass is 16.2. The topological polar surface area (TPSA) is 19.9 Å². The Morgan fingerprint density at radius 3 is 2.23 bits per heavy atom. The minimum absolute atomic E-state index is 0.0421. The van der Waals surface area contributed by atoms with Gasteiger partial charge in [0.25, 0.3) is 0 Å². The maximum absolute atomic E-state index is 10.4. The highest BCUT2D eigenvalue weighted by molar-refractivity contribution is 5.27. The Hall–Kier alpha value is -0.820. The molecule has 1 heteroatoms. The fourth-order valence-electron chi connectivity index (χ4n) is 1.58. The van der Waals surface area contributed by atoms with E-state index < -0.39 is 0 Å². The van der Waals surface area contributed by atoms with E-state index in [1.54, 1.807) is 0 Å². The molecule has 0 aliphatic rings. The maximum Gasteiger partial charge on any atom is 0.0825 e. The van der Waals surface area contributed by atoms with E-state index in [-0.39, 0.29) is 6.61 Å². The van der Waals surface area contributed by atoms with Crippen LogP contribution in [0.5, 0.6) is 0 Å². The molecule has 0 aliphatic carbocycles. The van der Waals surface area contributed by atoms with Crippen molar-refractivity contribution < 1.29 is 5.11 Å². The lowest BCUT2D eigenvalue weighted by molar-refractivity contribution is 0.189. The van der Waals surface area contributed by atoms with Crippen molar-refractivity contribution in [1.29, 1.82) is 0 Å². The van der Waals surface area contributed by atoms with Crippen molar-refractivity contribution in [3.8, 4) is 0 Å². The molecule has 0 spiro atoms. The second-order valence-corrected chi connectivity index (χ2v) is 3.33. The summed E-state index contributed by atoms with van der Waals surface area (Å²) in [4.78, 5) is 0. The fourth-order valence-corrected chi connectivity index (χ4v) is 1.58. The van der Waals surface area contributed by atoms with Gasteiger partial charge in [0.05, 0.1) is 6.61 Å². The van der Waals surface area contributed by atoms with Crippen LogP contribution >= 0.6 is 0 Å². The molecule has 13 heavy (non-hydrogen) atoms. The summed E-state index contributed by atoms with van der Waals surface area (Å²) in [5.41, 5.74) is 2.78. The van der Waals surface area contributed by atoms with E-state index in [1.165, 1.54) is 17.5 Å². The molecular formula is C12H17O. The summed E-state index contributed by atoms with van der Waals surface area (Å²) in [6.45, 7) is 2.23. The summed E-state index contributed by atoms with van der Waals surface area (Å²) in [6.07, 6.45) is 4.02. The van der Waals surface area contributed by atoms with Gasteiger partial charge in [0.2, 0.25) is 0 Å². The lowest BCUT2D eigenvalue weighted by Crippen LogP contribution is -1.95. The van der Waals surface area contributed by atoms with Crippen molar-refractivity contribution in [1.82, 2.24) is 0 Å². The first-order valence-corrected chi connectivity index (χ1v) is 5.03. The van der Waals surface area contributed by atoms with E-state index in [2.05, 4.69) is 31.2 Å². The van der Waals surface area contributed by atoms with Crippen LogP contribution in [0, 0.1) is 0 Å². The van der Waals surface area contributed by atoms with E-state index in [9.17, 15) is 5.11 Å². The van der Waals surface area contributed by atoms with Crippen molar-refractivity contribution in [3.05, 3.63) is 35.4 Å². The number of aryl methyl sites for hydroxylation is 2. The van der Waals surface area contributed by atoms with Crippen LogP contribution in [-0.4, -0.2) is 6.61 Å². The van der Waals surface area contributed by atoms with Crippen LogP contribution in [-0.2, 0) is 17.9 Å². The van der Waals surface area contributed by atoms with Gasteiger partial charge in [-0.2, -0.15) is 0 Å². The monoisotopic (exact) mass is 177 g/mol. The predicted molar refractivity (Wildman–Crippen MR) is 54.3 cm³/mol. The quantitative estimate of drug-likeness (QED) is 0.659. The zero-order chi connectivity index (χ0) is 9.52. The maximum atomic E-state index is 10.4. The summed E-state index contributed by atoms with van der Waals surface area (Å²) in [6, 6.07) is 8.44. The normalized spacial score (nSPS) is 10.3. The second kappa shape index (κ2) is 5.76. The summed E-state index contributed by atoms with van der Waals surface area (Å²) < 4.78 is 0. The van der Waals surface area contributed by atoms with Crippen molar-refractivity contribution >= 4 is 0 Å². The van der Waals surface area contributed by atoms with Crippen LogP contribution in [0.4, 0.5) is 0 Å². The molecule has 0 bridgehead atoms. The third-order valence-corrected chi connectivity index (χ3v) is 2.23. The van der Waals surface area contributed by atoms with Crippen molar-refractivity contribution in [3.63, 3.8) is 0 Å². The van der Waals surface area contributed by atoms with Gasteiger partial charge in [-0.15, -0.1) is 0 Å². The third kappa shape index (κ3) is 3.19. The molecule has 0 aromatic heterocycles. The first kappa shape index (κ1) is 10.3. The summed E-state index contributed by atoms with van der Waals surface area (Å²) in [7, 11) is 0. The highest BCUT2D eigenvalue weighted by Gasteiger charge is 1.99. The first-order chi connectivity index (χ1) is 6.38. The average molecular weight is 177 g/mol. The second-order valence-electron chi connectivity index (χ2n) is 3.33. The van der Waals surface area contributed by atoms with Gasteiger partial charge in [-0.25, -0.2) is 5.11 Å². The molecular weight excluding hydrogens is 160 g/mol. The van der Waals surface area contributed by atoms with Crippen LogP contribution in [0.1, 0.15) is 30.9 Å². The Balaban J connectivity index is 2.66. The molecule has 0 fully saturated rings. The standard InChI is InChI=1S/C12H17O/c1-2-6-11-7-3-4-8-12(11)9-5-10-13/h3-4,7-8H,2,5-6,9-10H2,1H3. The summed E-state index contributed by atoms with van der Waals surface area (Å²) in [5, 5.41) is 10.4. The predicted octanol–water partition coefficient (Wildman–Crippen LogP) is 3.00. The van der Waals surface area contributed by atoms with E-state index in [1.807, 2.05) is 0 Å². The van der Waals surface area contributed by atoms with Crippen LogP contribution in [0.2, 0.25) is 0 Å². The zero-order valence-electron chi connectivity index (χ0n) is 8.25. The van der Waals surface area contributed by atoms with Gasteiger partial charge in [0, 0.05) is 0 Å². The Morgan fingerprint density at radius 1 is 1.08 bits per heavy atom. The smallest absolute Gasteiger partial charge is 0.0825 e. The molecule has 1 aromatic carbocycles. The van der Waals surface area contributed by atoms with Crippen LogP contribution in [0.15, 0.2) is 24.3 Å². The largest absolute Gasteiger partial charge is 0.237 e. The number of hydrogen-bond donors (Lipinski definition) is 0. The zero-order valence-corrected chi connectivity index (χ0v) is 8.25. The minimum Gasteiger partial charge on any atom is -0.237 e. The van der Waals surface area contributed by atoms with Crippen molar-refractivity contribution in [2.24, 2.45) is 0 Å². The van der Waals surface area contributed by atoms with Gasteiger partial charge in [-0.05, 0) is 30.4 Å². The lowest BCUT2D eigenvalue weighted by Gasteiger charge is -2.06. The Kier molecular flexibility index (Phi) is 4.55. The molecule has 0 unspecified atom stereocenters. The molecule has 1 rings (SSSR count). The van der Waals surface area contributed by atoms with Crippen molar-refractivity contribution in [2.45, 2.75) is 32.6 Å². The number of rotatable bonds is 5. The molecule has 0 atom stereocenters. The summed E-state index contributed by atoms with van der Waals surface area (Å²) >= 11 is 0. The molecule has 0 saturated heterocycles. The molecule has 1 aromatic rings. The van der Waals surface area contributed by atoms with E-state index in [4.69, 9.17) is 0 Å². The third-order valence-electron chi connectivity index (χ3n) is 2.23. The molecule has 0 aliphatic heterocycles. The Morgan fingerprint density at radius 2 is 1.69 bits per heavy atom. The molecule has 0 amide bonds. The van der Waals surface area contributed by atoms with Gasteiger partial charge in [0.15, 0.2) is 0 Å². The number of hydrogen-bond acceptors (Lipinski definition) is 0. The molecule has 0 N–H and O–H groups in total.